The van der Waals surface area contributed by atoms with Crippen molar-refractivity contribution in [3.05, 3.63) is 15.8 Å². The van der Waals surface area contributed by atoms with Gasteiger partial charge < -0.3 is 4.90 Å². The van der Waals surface area contributed by atoms with E-state index in [9.17, 15) is 14.9 Å². The molecule has 7 heteroatoms. The molecule has 0 aliphatic carbocycles. The second-order valence-corrected chi connectivity index (χ2v) is 2.95. The van der Waals surface area contributed by atoms with Crippen molar-refractivity contribution in [3.8, 4) is 0 Å². The number of rotatable bonds is 3. The zero-order valence-corrected chi connectivity index (χ0v) is 8.09. The smallest absolute Gasteiger partial charge is 0.341 e. The third-order valence-corrected chi connectivity index (χ3v) is 1.77. The number of carbonyl (C=O) groups is 1. The van der Waals surface area contributed by atoms with Crippen LogP contribution in [0.25, 0.3) is 0 Å². The number of aldehydes is 1. The molecule has 0 fully saturated rings. The number of anilines is 1. The van der Waals surface area contributed by atoms with Gasteiger partial charge in [0.2, 0.25) is 5.82 Å². The Morgan fingerprint density at radius 3 is 2.50 bits per heavy atom. The molecule has 1 aromatic rings. The molecule has 1 heterocycles. The Bertz CT molecular complexity index is 383. The molecule has 0 spiro atoms. The number of nitrogens with zero attached hydrogens (tertiary/aromatic N) is 4. The first-order chi connectivity index (χ1) is 6.49. The monoisotopic (exact) mass is 198 g/mol. The lowest BCUT2D eigenvalue weighted by molar-refractivity contribution is -0.384. The van der Waals surface area contributed by atoms with E-state index in [1.807, 2.05) is 0 Å². The van der Waals surface area contributed by atoms with Crippen LogP contribution >= 0.6 is 0 Å². The summed E-state index contributed by atoms with van der Waals surface area (Å²) >= 11 is 0. The molecule has 0 aromatic carbocycles. The van der Waals surface area contributed by atoms with Gasteiger partial charge in [-0.1, -0.05) is 0 Å². The van der Waals surface area contributed by atoms with E-state index in [0.29, 0.717) is 6.29 Å². The van der Waals surface area contributed by atoms with Gasteiger partial charge in [-0.15, -0.1) is 5.10 Å². The minimum atomic E-state index is -0.605. The summed E-state index contributed by atoms with van der Waals surface area (Å²) in [7, 11) is 4.75. The van der Waals surface area contributed by atoms with Gasteiger partial charge in [-0.3, -0.25) is 19.6 Å². The average molecular weight is 198 g/mol. The normalized spacial score (nSPS) is 9.93. The molecular weight excluding hydrogens is 188 g/mol. The Balaban J connectivity index is 3.45. The van der Waals surface area contributed by atoms with Crippen LogP contribution in [-0.4, -0.2) is 35.1 Å². The van der Waals surface area contributed by atoms with E-state index in [4.69, 9.17) is 0 Å². The maximum Gasteiger partial charge on any atom is 0.341 e. The van der Waals surface area contributed by atoms with E-state index in [-0.39, 0.29) is 17.2 Å². The van der Waals surface area contributed by atoms with Gasteiger partial charge in [0.1, 0.15) is 0 Å². The van der Waals surface area contributed by atoms with Crippen molar-refractivity contribution in [2.24, 2.45) is 7.05 Å². The van der Waals surface area contributed by atoms with E-state index in [1.165, 1.54) is 16.6 Å². The molecule has 1 rings (SSSR count). The molecule has 7 nitrogen and oxygen atoms in total. The fraction of sp³-hybridized carbons (Fsp3) is 0.429. The molecule has 0 unspecified atom stereocenters. The third kappa shape index (κ3) is 1.43. The van der Waals surface area contributed by atoms with Crippen LogP contribution < -0.4 is 4.90 Å². The first-order valence-electron chi connectivity index (χ1n) is 3.83. The Morgan fingerprint density at radius 1 is 1.57 bits per heavy atom. The molecule has 0 amide bonds. The van der Waals surface area contributed by atoms with Gasteiger partial charge in [-0.25, -0.2) is 0 Å². The first-order valence-corrected chi connectivity index (χ1v) is 3.83. The summed E-state index contributed by atoms with van der Waals surface area (Å²) in [5.74, 6) is 0.180. The SMILES string of the molecule is CN(C)c1nn(C)c(C=O)c1[N+](=O)[O-]. The molecule has 0 bridgehead atoms. The molecule has 0 saturated heterocycles. The molecule has 0 atom stereocenters. The fourth-order valence-corrected chi connectivity index (χ4v) is 1.12. The Morgan fingerprint density at radius 2 is 2.14 bits per heavy atom. The number of aryl methyl sites for hydroxylation is 1. The van der Waals surface area contributed by atoms with E-state index in [0.717, 1.165) is 0 Å². The zero-order chi connectivity index (χ0) is 10.9. The van der Waals surface area contributed by atoms with Crippen molar-refractivity contribution in [3.63, 3.8) is 0 Å². The summed E-state index contributed by atoms with van der Waals surface area (Å²) in [5.41, 5.74) is -0.286. The second kappa shape index (κ2) is 3.44. The quantitative estimate of drug-likeness (QED) is 0.394. The average Bonchev–Trinajstić information content (AvgIpc) is 2.42. The standard InChI is InChI=1S/C7H10N4O3/c1-9(2)7-6(11(13)14)5(4-12)10(3)8-7/h4H,1-3H3. The van der Waals surface area contributed by atoms with E-state index >= 15 is 0 Å². The molecule has 1 aromatic heterocycles. The minimum Gasteiger partial charge on any atom is -0.356 e. The van der Waals surface area contributed by atoms with Gasteiger partial charge in [0.15, 0.2) is 12.0 Å². The molecule has 14 heavy (non-hydrogen) atoms. The summed E-state index contributed by atoms with van der Waals surface area (Å²) in [6, 6.07) is 0. The summed E-state index contributed by atoms with van der Waals surface area (Å²) in [6.45, 7) is 0. The van der Waals surface area contributed by atoms with Crippen LogP contribution in [0.3, 0.4) is 0 Å². The lowest BCUT2D eigenvalue weighted by Gasteiger charge is -2.05. The fourth-order valence-electron chi connectivity index (χ4n) is 1.12. The largest absolute Gasteiger partial charge is 0.356 e. The van der Waals surface area contributed by atoms with Gasteiger partial charge in [0.25, 0.3) is 0 Å². The first kappa shape index (κ1) is 10.2. The molecule has 0 saturated carbocycles. The highest BCUT2D eigenvalue weighted by Gasteiger charge is 2.27. The number of hydrogen-bond donors (Lipinski definition) is 0. The van der Waals surface area contributed by atoms with Crippen molar-refractivity contribution in [1.82, 2.24) is 9.78 Å². The van der Waals surface area contributed by atoms with Gasteiger partial charge in [-0.2, -0.15) is 0 Å². The highest BCUT2D eigenvalue weighted by atomic mass is 16.6. The van der Waals surface area contributed by atoms with Crippen molar-refractivity contribution >= 4 is 17.8 Å². The molecule has 0 aliphatic heterocycles. The molecule has 76 valence electrons. The van der Waals surface area contributed by atoms with Crippen LogP contribution in [0.1, 0.15) is 10.5 Å². The van der Waals surface area contributed by atoms with Crippen LogP contribution in [0.4, 0.5) is 11.5 Å². The van der Waals surface area contributed by atoms with Gasteiger partial charge >= 0.3 is 5.69 Å². The topological polar surface area (TPSA) is 81.3 Å². The highest BCUT2D eigenvalue weighted by molar-refractivity contribution is 5.83. The van der Waals surface area contributed by atoms with E-state index in [1.54, 1.807) is 14.1 Å². The molecular formula is C7H10N4O3. The summed E-state index contributed by atoms with van der Waals surface area (Å²) < 4.78 is 1.19. The van der Waals surface area contributed by atoms with Crippen LogP contribution in [0.2, 0.25) is 0 Å². The van der Waals surface area contributed by atoms with Crippen molar-refractivity contribution in [1.29, 1.82) is 0 Å². The Labute approximate surface area is 80.1 Å². The lowest BCUT2D eigenvalue weighted by Crippen LogP contribution is -2.11. The van der Waals surface area contributed by atoms with Crippen LogP contribution in [0.5, 0.6) is 0 Å². The summed E-state index contributed by atoms with van der Waals surface area (Å²) in [5, 5.41) is 14.6. The minimum absolute atomic E-state index is 0.0290. The van der Waals surface area contributed by atoms with Crippen molar-refractivity contribution in [2.75, 3.05) is 19.0 Å². The van der Waals surface area contributed by atoms with Gasteiger partial charge in [0.05, 0.1) is 4.92 Å². The number of hydrogen-bond acceptors (Lipinski definition) is 5. The zero-order valence-electron chi connectivity index (χ0n) is 8.09. The lowest BCUT2D eigenvalue weighted by atomic mass is 10.3. The molecule has 0 N–H and O–H groups in total. The number of carbonyl (C=O) groups excluding carboxylic acids is 1. The summed E-state index contributed by atoms with van der Waals surface area (Å²) in [4.78, 5) is 22.2. The van der Waals surface area contributed by atoms with Crippen molar-refractivity contribution < 1.29 is 9.72 Å². The van der Waals surface area contributed by atoms with Crippen LogP contribution in [-0.2, 0) is 7.05 Å². The maximum absolute atomic E-state index is 10.7. The number of nitro groups is 1. The van der Waals surface area contributed by atoms with Crippen LogP contribution in [0.15, 0.2) is 0 Å². The van der Waals surface area contributed by atoms with E-state index in [2.05, 4.69) is 5.10 Å². The predicted molar refractivity (Wildman–Crippen MR) is 49.6 cm³/mol. The predicted octanol–water partition coefficient (Wildman–Crippen LogP) is 0.207. The maximum atomic E-state index is 10.7. The highest BCUT2D eigenvalue weighted by Crippen LogP contribution is 2.27. The summed E-state index contributed by atoms with van der Waals surface area (Å²) in [6.07, 6.45) is 0.429. The van der Waals surface area contributed by atoms with Gasteiger partial charge in [0, 0.05) is 21.1 Å². The molecule has 0 aliphatic rings. The Hall–Kier alpha value is -1.92. The number of aromatic nitrogens is 2. The molecule has 0 radical (unpaired) electrons. The second-order valence-electron chi connectivity index (χ2n) is 2.95. The van der Waals surface area contributed by atoms with E-state index < -0.39 is 4.92 Å². The third-order valence-electron chi connectivity index (χ3n) is 1.77. The van der Waals surface area contributed by atoms with Crippen LogP contribution in [0, 0.1) is 10.1 Å². The Kier molecular flexibility index (Phi) is 2.50. The van der Waals surface area contributed by atoms with Gasteiger partial charge in [-0.05, 0) is 0 Å². The van der Waals surface area contributed by atoms with Crippen molar-refractivity contribution in [2.45, 2.75) is 0 Å².